The molecule has 2 heterocycles. The summed E-state index contributed by atoms with van der Waals surface area (Å²) in [4.78, 5) is 19.8. The first kappa shape index (κ1) is 14.9. The molecule has 0 amide bonds. The average molecular weight is 321 g/mol. The third-order valence-electron chi connectivity index (χ3n) is 3.81. The minimum Gasteiger partial charge on any atom is -0.494 e. The summed E-state index contributed by atoms with van der Waals surface area (Å²) in [7, 11) is 1.45. The third-order valence-corrected chi connectivity index (χ3v) is 4.02. The van der Waals surface area contributed by atoms with Gasteiger partial charge in [0.1, 0.15) is 0 Å². The number of rotatable bonds is 3. The van der Waals surface area contributed by atoms with Gasteiger partial charge >= 0.3 is 0 Å². The predicted octanol–water partition coefficient (Wildman–Crippen LogP) is 2.14. The largest absolute Gasteiger partial charge is 0.494 e. The molecule has 1 aromatic carbocycles. The lowest BCUT2D eigenvalue weighted by Crippen LogP contribution is -2.35. The first-order chi connectivity index (χ1) is 10.6. The second-order valence-corrected chi connectivity index (χ2v) is 5.70. The number of methoxy groups -OCH3 is 1. The molecule has 2 aromatic rings. The van der Waals surface area contributed by atoms with E-state index >= 15 is 0 Å². The molecule has 0 atom stereocenters. The second kappa shape index (κ2) is 6.02. The number of ether oxygens (including phenoxy) is 1. The fourth-order valence-corrected chi connectivity index (χ4v) is 2.92. The van der Waals surface area contributed by atoms with Crippen LogP contribution in [0.3, 0.4) is 0 Å². The lowest BCUT2D eigenvalue weighted by Gasteiger charge is -2.27. The number of nitrogens with one attached hydrogen (secondary N) is 2. The van der Waals surface area contributed by atoms with Crippen LogP contribution in [0.5, 0.6) is 5.75 Å². The zero-order valence-corrected chi connectivity index (χ0v) is 12.9. The average Bonchev–Trinajstić information content (AvgIpc) is 2.49. The molecule has 0 unspecified atom stereocenters. The van der Waals surface area contributed by atoms with Gasteiger partial charge < -0.3 is 9.72 Å². The van der Waals surface area contributed by atoms with Crippen molar-refractivity contribution >= 4 is 12.2 Å². The molecule has 2 N–H and O–H groups in total. The van der Waals surface area contributed by atoms with Gasteiger partial charge in [-0.05, 0) is 29.9 Å². The van der Waals surface area contributed by atoms with Crippen molar-refractivity contribution in [3.05, 3.63) is 56.0 Å². The van der Waals surface area contributed by atoms with E-state index in [1.54, 1.807) is 12.1 Å². The van der Waals surface area contributed by atoms with E-state index in [1.165, 1.54) is 13.2 Å². The lowest BCUT2D eigenvalue weighted by molar-refractivity contribution is 0.241. The van der Waals surface area contributed by atoms with Gasteiger partial charge in [-0.25, -0.2) is 4.39 Å². The van der Waals surface area contributed by atoms with Crippen LogP contribution in [0.25, 0.3) is 0 Å². The van der Waals surface area contributed by atoms with Crippen LogP contribution in [-0.2, 0) is 19.5 Å². The summed E-state index contributed by atoms with van der Waals surface area (Å²) in [5.74, 6) is -0.143. The SMILES string of the molecule is COc1cc(CN2CCc3[nH]c(=S)[nH]c(=O)c3C2)ccc1F. The van der Waals surface area contributed by atoms with E-state index < -0.39 is 0 Å². The Labute approximate surface area is 131 Å². The number of aromatic nitrogens is 2. The Morgan fingerprint density at radius 1 is 1.41 bits per heavy atom. The summed E-state index contributed by atoms with van der Waals surface area (Å²) < 4.78 is 18.8. The van der Waals surface area contributed by atoms with Crippen molar-refractivity contribution in [2.45, 2.75) is 19.5 Å². The van der Waals surface area contributed by atoms with Gasteiger partial charge in [-0.15, -0.1) is 0 Å². The molecule has 22 heavy (non-hydrogen) atoms. The number of nitrogens with zero attached hydrogens (tertiary/aromatic N) is 1. The summed E-state index contributed by atoms with van der Waals surface area (Å²) in [5, 5.41) is 0. The number of hydrogen-bond donors (Lipinski definition) is 2. The zero-order chi connectivity index (χ0) is 15.7. The van der Waals surface area contributed by atoms with Gasteiger partial charge in [0.25, 0.3) is 5.56 Å². The van der Waals surface area contributed by atoms with Gasteiger partial charge in [0.2, 0.25) is 0 Å². The third kappa shape index (κ3) is 2.95. The summed E-state index contributed by atoms with van der Waals surface area (Å²) in [5.41, 5.74) is 2.43. The Bertz CT molecular complexity index is 815. The van der Waals surface area contributed by atoms with Gasteiger partial charge in [-0.2, -0.15) is 0 Å². The van der Waals surface area contributed by atoms with E-state index in [1.807, 2.05) is 0 Å². The van der Waals surface area contributed by atoms with Gasteiger partial charge in [-0.1, -0.05) is 6.07 Å². The van der Waals surface area contributed by atoms with Gasteiger partial charge in [-0.3, -0.25) is 14.7 Å². The highest BCUT2D eigenvalue weighted by Gasteiger charge is 2.20. The molecule has 0 bridgehead atoms. The summed E-state index contributed by atoms with van der Waals surface area (Å²) in [6, 6.07) is 4.82. The highest BCUT2D eigenvalue weighted by molar-refractivity contribution is 7.71. The Kier molecular flexibility index (Phi) is 4.08. The van der Waals surface area contributed by atoms with E-state index in [9.17, 15) is 9.18 Å². The highest BCUT2D eigenvalue weighted by atomic mass is 32.1. The van der Waals surface area contributed by atoms with Crippen LogP contribution in [0.15, 0.2) is 23.0 Å². The fraction of sp³-hybridized carbons (Fsp3) is 0.333. The van der Waals surface area contributed by atoms with Crippen molar-refractivity contribution in [2.75, 3.05) is 13.7 Å². The lowest BCUT2D eigenvalue weighted by atomic mass is 10.1. The van der Waals surface area contributed by atoms with E-state index in [4.69, 9.17) is 17.0 Å². The fourth-order valence-electron chi connectivity index (χ4n) is 2.71. The normalized spacial score (nSPS) is 14.6. The van der Waals surface area contributed by atoms with Gasteiger partial charge in [0.15, 0.2) is 16.3 Å². The Hall–Kier alpha value is -1.99. The molecular weight excluding hydrogens is 305 g/mol. The minimum absolute atomic E-state index is 0.139. The number of benzene rings is 1. The molecule has 0 aliphatic carbocycles. The van der Waals surface area contributed by atoms with E-state index in [0.29, 0.717) is 23.4 Å². The minimum atomic E-state index is -0.376. The molecule has 5 nitrogen and oxygen atoms in total. The smallest absolute Gasteiger partial charge is 0.256 e. The van der Waals surface area contributed by atoms with Crippen molar-refractivity contribution in [3.8, 4) is 5.75 Å². The van der Waals surface area contributed by atoms with Crippen molar-refractivity contribution in [3.63, 3.8) is 0 Å². The standard InChI is InChI=1S/C15H16FN3O2S/c1-21-13-6-9(2-3-11(13)16)7-19-5-4-12-10(8-19)14(20)18-15(22)17-12/h2-3,6H,4-5,7-8H2,1H3,(H2,17,18,20,22). The van der Waals surface area contributed by atoms with Crippen molar-refractivity contribution in [1.82, 2.24) is 14.9 Å². The molecule has 3 rings (SSSR count). The molecular formula is C15H16FN3O2S. The van der Waals surface area contributed by atoms with Crippen LogP contribution < -0.4 is 10.3 Å². The van der Waals surface area contributed by atoms with Crippen LogP contribution in [0, 0.1) is 10.6 Å². The maximum absolute atomic E-state index is 13.4. The molecule has 7 heteroatoms. The van der Waals surface area contributed by atoms with Crippen molar-refractivity contribution in [2.24, 2.45) is 0 Å². The second-order valence-electron chi connectivity index (χ2n) is 5.29. The predicted molar refractivity (Wildman–Crippen MR) is 83.0 cm³/mol. The topological polar surface area (TPSA) is 61.1 Å². The van der Waals surface area contributed by atoms with E-state index in [-0.39, 0.29) is 17.1 Å². The molecule has 0 saturated carbocycles. The van der Waals surface area contributed by atoms with Crippen LogP contribution in [-0.4, -0.2) is 28.5 Å². The molecule has 1 aliphatic heterocycles. The summed E-state index contributed by atoms with van der Waals surface area (Å²) in [6.45, 7) is 1.98. The number of fused-ring (bicyclic) bond motifs is 1. The highest BCUT2D eigenvalue weighted by Crippen LogP contribution is 2.21. The van der Waals surface area contributed by atoms with Crippen LogP contribution in [0.2, 0.25) is 0 Å². The molecule has 1 aliphatic rings. The molecule has 1 aromatic heterocycles. The maximum atomic E-state index is 13.4. The van der Waals surface area contributed by atoms with Crippen LogP contribution in [0.4, 0.5) is 4.39 Å². The van der Waals surface area contributed by atoms with Crippen LogP contribution >= 0.6 is 12.2 Å². The van der Waals surface area contributed by atoms with E-state index in [0.717, 1.165) is 24.2 Å². The summed E-state index contributed by atoms with van der Waals surface area (Å²) >= 11 is 4.99. The first-order valence-electron chi connectivity index (χ1n) is 6.96. The van der Waals surface area contributed by atoms with Gasteiger partial charge in [0, 0.05) is 31.7 Å². The Morgan fingerprint density at radius 3 is 3.00 bits per heavy atom. The molecule has 0 radical (unpaired) electrons. The van der Waals surface area contributed by atoms with E-state index in [2.05, 4.69) is 14.9 Å². The number of H-pyrrole nitrogens is 2. The maximum Gasteiger partial charge on any atom is 0.256 e. The van der Waals surface area contributed by atoms with Gasteiger partial charge in [0.05, 0.1) is 12.7 Å². The molecule has 0 fully saturated rings. The molecule has 116 valence electrons. The first-order valence-corrected chi connectivity index (χ1v) is 7.37. The van der Waals surface area contributed by atoms with Crippen molar-refractivity contribution in [1.29, 1.82) is 0 Å². The quantitative estimate of drug-likeness (QED) is 0.850. The van der Waals surface area contributed by atoms with Crippen LogP contribution in [0.1, 0.15) is 16.8 Å². The van der Waals surface area contributed by atoms with Crippen molar-refractivity contribution < 1.29 is 9.13 Å². The number of hydrogen-bond acceptors (Lipinski definition) is 4. The molecule has 0 saturated heterocycles. The Balaban J connectivity index is 1.81. The monoisotopic (exact) mass is 321 g/mol. The Morgan fingerprint density at radius 2 is 2.23 bits per heavy atom. The summed E-state index contributed by atoms with van der Waals surface area (Å²) in [6.07, 6.45) is 0.737. The molecule has 0 spiro atoms. The zero-order valence-electron chi connectivity index (χ0n) is 12.1. The number of halogens is 1. The number of aromatic amines is 2.